The molecule has 2 atom stereocenters. The van der Waals surface area contributed by atoms with Gasteiger partial charge in [0.2, 0.25) is 11.8 Å². The number of rotatable bonds is 7. The zero-order chi connectivity index (χ0) is 25.1. The Morgan fingerprint density at radius 1 is 1.20 bits per heavy atom. The molecule has 186 valence electrons. The molecule has 3 heterocycles. The quantitative estimate of drug-likeness (QED) is 0.590. The van der Waals surface area contributed by atoms with Gasteiger partial charge < -0.3 is 20.2 Å². The number of carbonyl (C=O) groups is 4. The van der Waals surface area contributed by atoms with E-state index in [2.05, 4.69) is 5.32 Å². The van der Waals surface area contributed by atoms with Crippen LogP contribution in [0.3, 0.4) is 0 Å². The summed E-state index contributed by atoms with van der Waals surface area (Å²) in [7, 11) is 1.59. The van der Waals surface area contributed by atoms with Crippen LogP contribution in [0, 0.1) is 5.82 Å². The van der Waals surface area contributed by atoms with Crippen LogP contribution >= 0.6 is 11.3 Å². The van der Waals surface area contributed by atoms with Crippen molar-refractivity contribution < 1.29 is 28.7 Å². The first kappa shape index (κ1) is 24.6. The van der Waals surface area contributed by atoms with Crippen LogP contribution in [0.5, 0.6) is 0 Å². The molecule has 0 spiro atoms. The van der Waals surface area contributed by atoms with Crippen LogP contribution in [0.25, 0.3) is 0 Å². The molecule has 10 nitrogen and oxygen atoms in total. The molecular formula is C23H26FN5O5S. The number of fused-ring (bicyclic) bond motifs is 1. The Hall–Kier alpha value is -3.51. The number of urea groups is 1. The highest BCUT2D eigenvalue weighted by Gasteiger charge is 2.51. The first-order chi connectivity index (χ1) is 16.7. The van der Waals surface area contributed by atoms with Gasteiger partial charge in [-0.25, -0.2) is 19.2 Å². The highest BCUT2D eigenvalue weighted by molar-refractivity contribution is 7.09. The number of halogens is 1. The second kappa shape index (κ2) is 10.4. The van der Waals surface area contributed by atoms with Crippen LogP contribution in [0.15, 0.2) is 41.8 Å². The van der Waals surface area contributed by atoms with E-state index in [1.54, 1.807) is 30.5 Å². The van der Waals surface area contributed by atoms with Gasteiger partial charge in [-0.1, -0.05) is 18.2 Å². The third-order valence-electron chi connectivity index (χ3n) is 6.08. The summed E-state index contributed by atoms with van der Waals surface area (Å²) in [6, 6.07) is 7.85. The first-order valence-electron chi connectivity index (χ1n) is 11.1. The smallest absolute Gasteiger partial charge is 0.334 e. The van der Waals surface area contributed by atoms with Crippen molar-refractivity contribution in [2.75, 3.05) is 26.7 Å². The molecule has 12 heteroatoms. The number of benzene rings is 1. The van der Waals surface area contributed by atoms with Gasteiger partial charge in [0, 0.05) is 25.0 Å². The second-order valence-electron chi connectivity index (χ2n) is 8.45. The van der Waals surface area contributed by atoms with Crippen LogP contribution < -0.4 is 5.32 Å². The van der Waals surface area contributed by atoms with Gasteiger partial charge in [-0.15, -0.1) is 11.3 Å². The number of hydrazine groups is 1. The second-order valence-corrected chi connectivity index (χ2v) is 9.49. The Labute approximate surface area is 205 Å². The fourth-order valence-corrected chi connectivity index (χ4v) is 5.13. The van der Waals surface area contributed by atoms with Crippen molar-refractivity contribution >= 4 is 35.2 Å². The monoisotopic (exact) mass is 503 g/mol. The largest absolute Gasteiger partial charge is 0.481 e. The van der Waals surface area contributed by atoms with E-state index in [0.29, 0.717) is 18.5 Å². The lowest BCUT2D eigenvalue weighted by atomic mass is 10.0. The molecule has 2 saturated heterocycles. The zero-order valence-corrected chi connectivity index (χ0v) is 19.9. The molecule has 1 aromatic heterocycles. The molecule has 2 aliphatic heterocycles. The van der Waals surface area contributed by atoms with E-state index in [1.807, 2.05) is 17.5 Å². The molecule has 4 amide bonds. The van der Waals surface area contributed by atoms with Gasteiger partial charge in [0.25, 0.3) is 0 Å². The molecule has 0 unspecified atom stereocenters. The summed E-state index contributed by atoms with van der Waals surface area (Å²) in [5.74, 6) is -2.45. The molecule has 0 radical (unpaired) electrons. The number of carboxylic acid groups (broad SMARTS) is 1. The molecule has 0 aliphatic carbocycles. The summed E-state index contributed by atoms with van der Waals surface area (Å²) >= 11 is 1.56. The third-order valence-corrected chi connectivity index (χ3v) is 7.02. The number of carboxylic acids is 1. The first-order valence-corrected chi connectivity index (χ1v) is 12.0. The number of piperazine rings is 1. The zero-order valence-electron chi connectivity index (χ0n) is 19.1. The van der Waals surface area contributed by atoms with Crippen LogP contribution in [-0.4, -0.2) is 87.6 Å². The molecule has 2 aromatic rings. The maximum Gasteiger partial charge on any atom is 0.334 e. The van der Waals surface area contributed by atoms with Crippen molar-refractivity contribution in [3.63, 3.8) is 0 Å². The molecule has 2 aliphatic rings. The lowest BCUT2D eigenvalue weighted by Crippen LogP contribution is -2.76. The predicted molar refractivity (Wildman–Crippen MR) is 124 cm³/mol. The summed E-state index contributed by atoms with van der Waals surface area (Å²) in [5, 5.41) is 17.0. The number of hydrogen-bond donors (Lipinski definition) is 2. The van der Waals surface area contributed by atoms with E-state index < -0.39 is 42.4 Å². The van der Waals surface area contributed by atoms with Gasteiger partial charge in [-0.05, 0) is 35.6 Å². The minimum Gasteiger partial charge on any atom is -0.481 e. The van der Waals surface area contributed by atoms with Crippen molar-refractivity contribution in [1.29, 1.82) is 0 Å². The number of nitrogens with one attached hydrogen (secondary N) is 1. The highest BCUT2D eigenvalue weighted by Crippen LogP contribution is 2.27. The van der Waals surface area contributed by atoms with E-state index in [0.717, 1.165) is 4.88 Å². The van der Waals surface area contributed by atoms with Crippen molar-refractivity contribution in [3.8, 4) is 0 Å². The van der Waals surface area contributed by atoms with Gasteiger partial charge in [-0.2, -0.15) is 0 Å². The topological polar surface area (TPSA) is 114 Å². The SMILES string of the molecule is CN1CC(=O)N2[C@@H](CC(=O)O)C(=O)N(CCc3cccs3)C[C@@H]2N1C(=O)NCc1ccc(F)cc1. The van der Waals surface area contributed by atoms with E-state index in [1.165, 1.54) is 32.0 Å². The number of thiophene rings is 1. The van der Waals surface area contributed by atoms with Gasteiger partial charge >= 0.3 is 12.0 Å². The van der Waals surface area contributed by atoms with Crippen molar-refractivity contribution in [1.82, 2.24) is 25.1 Å². The van der Waals surface area contributed by atoms with Crippen LogP contribution in [-0.2, 0) is 27.3 Å². The van der Waals surface area contributed by atoms with E-state index in [-0.39, 0.29) is 25.5 Å². The Morgan fingerprint density at radius 3 is 2.60 bits per heavy atom. The summed E-state index contributed by atoms with van der Waals surface area (Å²) in [4.78, 5) is 54.8. The number of amides is 4. The molecule has 35 heavy (non-hydrogen) atoms. The Morgan fingerprint density at radius 2 is 1.94 bits per heavy atom. The summed E-state index contributed by atoms with van der Waals surface area (Å²) in [6.45, 7) is 0.339. The Kier molecular flexibility index (Phi) is 7.31. The van der Waals surface area contributed by atoms with E-state index >= 15 is 0 Å². The standard InChI is InChI=1S/C23H26FN5O5S/c1-26-14-20(30)28-18(11-21(31)32)22(33)27(9-8-17-3-2-10-35-17)13-19(28)29(26)23(34)25-12-15-4-6-16(24)7-5-15/h2-7,10,18-19H,8-9,11-14H2,1H3,(H,25,34)(H,31,32)/t18-,19-/m0/s1. The third kappa shape index (κ3) is 5.43. The van der Waals surface area contributed by atoms with Crippen molar-refractivity contribution in [3.05, 3.63) is 58.0 Å². The van der Waals surface area contributed by atoms with Gasteiger partial charge in [0.15, 0.2) is 0 Å². The predicted octanol–water partition coefficient (Wildman–Crippen LogP) is 1.34. The van der Waals surface area contributed by atoms with Crippen LogP contribution in [0.2, 0.25) is 0 Å². The fraction of sp³-hybridized carbons (Fsp3) is 0.391. The van der Waals surface area contributed by atoms with Gasteiger partial charge in [-0.3, -0.25) is 14.4 Å². The molecule has 0 bridgehead atoms. The molecule has 0 saturated carbocycles. The molecular weight excluding hydrogens is 477 g/mol. The van der Waals surface area contributed by atoms with Gasteiger partial charge in [0.1, 0.15) is 18.0 Å². The number of hydrogen-bond acceptors (Lipinski definition) is 6. The van der Waals surface area contributed by atoms with E-state index in [9.17, 15) is 28.7 Å². The Balaban J connectivity index is 1.56. The molecule has 2 fully saturated rings. The van der Waals surface area contributed by atoms with Crippen LogP contribution in [0.1, 0.15) is 16.9 Å². The molecule has 2 N–H and O–H groups in total. The Bertz CT molecular complexity index is 1100. The normalized spacial score (nSPS) is 20.7. The fourth-order valence-electron chi connectivity index (χ4n) is 4.43. The number of nitrogens with zero attached hydrogens (tertiary/aromatic N) is 4. The number of aliphatic carboxylic acids is 1. The molecule has 1 aromatic carbocycles. The minimum atomic E-state index is -1.21. The summed E-state index contributed by atoms with van der Waals surface area (Å²) in [6.07, 6.45) is -0.832. The maximum atomic E-state index is 13.2. The number of carbonyl (C=O) groups excluding carboxylic acids is 3. The number of likely N-dealkylation sites (N-methyl/N-ethyl adjacent to an activating group) is 1. The van der Waals surface area contributed by atoms with E-state index in [4.69, 9.17) is 0 Å². The van der Waals surface area contributed by atoms with Crippen molar-refractivity contribution in [2.45, 2.75) is 31.6 Å². The van der Waals surface area contributed by atoms with Crippen molar-refractivity contribution in [2.24, 2.45) is 0 Å². The molecule has 4 rings (SSSR count). The lowest BCUT2D eigenvalue weighted by molar-refractivity contribution is -0.188. The lowest BCUT2D eigenvalue weighted by Gasteiger charge is -2.54. The highest BCUT2D eigenvalue weighted by atomic mass is 32.1. The summed E-state index contributed by atoms with van der Waals surface area (Å²) in [5.41, 5.74) is 0.687. The summed E-state index contributed by atoms with van der Waals surface area (Å²) < 4.78 is 13.2. The average Bonchev–Trinajstić information content (AvgIpc) is 3.32. The van der Waals surface area contributed by atoms with Crippen LogP contribution in [0.4, 0.5) is 9.18 Å². The maximum absolute atomic E-state index is 13.2. The van der Waals surface area contributed by atoms with Gasteiger partial charge in [0.05, 0.1) is 19.5 Å². The minimum absolute atomic E-state index is 0.0559. The average molecular weight is 504 g/mol.